The third-order valence-corrected chi connectivity index (χ3v) is 4.43. The van der Waals surface area contributed by atoms with E-state index in [0.717, 1.165) is 5.56 Å². The molecule has 1 unspecified atom stereocenters. The van der Waals surface area contributed by atoms with E-state index in [1.165, 1.54) is 6.26 Å². The van der Waals surface area contributed by atoms with Crippen molar-refractivity contribution in [1.82, 2.24) is 5.43 Å². The Morgan fingerprint density at radius 1 is 1.39 bits per heavy atom. The molecule has 102 valence electrons. The number of hydrogen-bond acceptors (Lipinski definition) is 4. The molecule has 0 heterocycles. The quantitative estimate of drug-likeness (QED) is 0.625. The fraction of sp³-hybridized carbons (Fsp3) is 0.455. The van der Waals surface area contributed by atoms with Gasteiger partial charge in [0.1, 0.15) is 9.84 Å². The monoisotopic (exact) mass is 310 g/mol. The fourth-order valence-electron chi connectivity index (χ4n) is 1.67. The van der Waals surface area contributed by atoms with Crippen LogP contribution in [-0.4, -0.2) is 20.4 Å². The van der Waals surface area contributed by atoms with Crippen LogP contribution in [0, 0.1) is 0 Å². The largest absolute Gasteiger partial charge is 0.271 e. The highest BCUT2D eigenvalue weighted by molar-refractivity contribution is 7.90. The van der Waals surface area contributed by atoms with Crippen molar-refractivity contribution in [2.45, 2.75) is 18.9 Å². The van der Waals surface area contributed by atoms with Crippen LogP contribution in [0.4, 0.5) is 0 Å². The Hall–Kier alpha value is -0.330. The van der Waals surface area contributed by atoms with Crippen molar-refractivity contribution in [3.63, 3.8) is 0 Å². The van der Waals surface area contributed by atoms with Crippen molar-refractivity contribution < 1.29 is 8.42 Å². The van der Waals surface area contributed by atoms with Crippen molar-refractivity contribution in [2.75, 3.05) is 12.0 Å². The first kappa shape index (κ1) is 15.7. The summed E-state index contributed by atoms with van der Waals surface area (Å²) in [6.07, 6.45) is 2.30. The van der Waals surface area contributed by atoms with Crippen LogP contribution >= 0.6 is 23.2 Å². The molecule has 0 aliphatic heterocycles. The summed E-state index contributed by atoms with van der Waals surface area (Å²) in [6, 6.07) is 5.08. The summed E-state index contributed by atoms with van der Waals surface area (Å²) in [5.41, 5.74) is 3.41. The minimum Gasteiger partial charge on any atom is -0.271 e. The molecule has 0 bridgehead atoms. The normalized spacial score (nSPS) is 13.6. The Labute approximate surface area is 117 Å². The molecule has 1 atom stereocenters. The van der Waals surface area contributed by atoms with Gasteiger partial charge in [-0.25, -0.2) is 8.42 Å². The Balaban J connectivity index is 2.75. The molecule has 0 saturated carbocycles. The number of hydrazine groups is 1. The van der Waals surface area contributed by atoms with E-state index in [2.05, 4.69) is 5.43 Å². The lowest BCUT2D eigenvalue weighted by molar-refractivity contribution is 0.508. The summed E-state index contributed by atoms with van der Waals surface area (Å²) in [7, 11) is -2.96. The van der Waals surface area contributed by atoms with Crippen molar-refractivity contribution >= 4 is 33.0 Å². The lowest BCUT2D eigenvalue weighted by Crippen LogP contribution is -2.28. The Morgan fingerprint density at radius 2 is 2.06 bits per heavy atom. The predicted octanol–water partition coefficient (Wildman–Crippen LogP) is 2.32. The molecule has 18 heavy (non-hydrogen) atoms. The molecular weight excluding hydrogens is 295 g/mol. The molecule has 3 N–H and O–H groups in total. The zero-order valence-corrected chi connectivity index (χ0v) is 12.3. The second-order valence-electron chi connectivity index (χ2n) is 4.13. The Kier molecular flexibility index (Phi) is 5.88. The summed E-state index contributed by atoms with van der Waals surface area (Å²) in [6.45, 7) is 0. The first-order chi connectivity index (χ1) is 8.35. The zero-order valence-electron chi connectivity index (χ0n) is 9.99. The number of halogens is 2. The van der Waals surface area contributed by atoms with Crippen molar-refractivity contribution in [3.8, 4) is 0 Å². The number of nitrogens with two attached hydrogens (primary N) is 1. The summed E-state index contributed by atoms with van der Waals surface area (Å²) < 4.78 is 22.1. The van der Waals surface area contributed by atoms with Gasteiger partial charge in [-0.1, -0.05) is 35.3 Å². The summed E-state index contributed by atoms with van der Waals surface area (Å²) in [5.74, 6) is 5.60. The summed E-state index contributed by atoms with van der Waals surface area (Å²) >= 11 is 12.0. The van der Waals surface area contributed by atoms with Gasteiger partial charge in [0.15, 0.2) is 0 Å². The van der Waals surface area contributed by atoms with Crippen molar-refractivity contribution in [3.05, 3.63) is 33.8 Å². The average Bonchev–Trinajstić information content (AvgIpc) is 2.27. The molecule has 4 nitrogen and oxygen atoms in total. The summed E-state index contributed by atoms with van der Waals surface area (Å²) in [4.78, 5) is 0. The first-order valence-corrected chi connectivity index (χ1v) is 8.24. The number of rotatable bonds is 6. The summed E-state index contributed by atoms with van der Waals surface area (Å²) in [5, 5.41) is 0.902. The smallest absolute Gasteiger partial charge is 0.147 e. The van der Waals surface area contributed by atoms with E-state index in [1.807, 2.05) is 6.07 Å². The van der Waals surface area contributed by atoms with Gasteiger partial charge in [0.05, 0.1) is 10.0 Å². The average molecular weight is 311 g/mol. The van der Waals surface area contributed by atoms with Crippen LogP contribution in [0.3, 0.4) is 0 Å². The highest BCUT2D eigenvalue weighted by atomic mass is 35.5. The van der Waals surface area contributed by atoms with E-state index < -0.39 is 9.84 Å². The maximum atomic E-state index is 11.1. The predicted molar refractivity (Wildman–Crippen MR) is 75.5 cm³/mol. The third kappa shape index (κ3) is 4.74. The minimum atomic E-state index is -2.96. The molecule has 0 aliphatic carbocycles. The number of benzene rings is 1. The molecule has 1 rings (SSSR count). The van der Waals surface area contributed by atoms with E-state index in [4.69, 9.17) is 29.0 Å². The van der Waals surface area contributed by atoms with Crippen LogP contribution in [0.25, 0.3) is 0 Å². The minimum absolute atomic E-state index is 0.128. The van der Waals surface area contributed by atoms with Gasteiger partial charge in [0, 0.05) is 18.1 Å². The second kappa shape index (κ2) is 6.73. The highest BCUT2D eigenvalue weighted by Crippen LogP contribution is 2.31. The molecule has 0 saturated heterocycles. The molecule has 0 aliphatic rings. The number of hydrogen-bond donors (Lipinski definition) is 2. The molecule has 0 radical (unpaired) electrons. The van der Waals surface area contributed by atoms with Gasteiger partial charge in [-0.3, -0.25) is 11.3 Å². The van der Waals surface area contributed by atoms with Crippen molar-refractivity contribution in [1.29, 1.82) is 0 Å². The van der Waals surface area contributed by atoms with Crippen LogP contribution in [0.5, 0.6) is 0 Å². The molecule has 0 fully saturated rings. The van der Waals surface area contributed by atoms with Gasteiger partial charge in [0.25, 0.3) is 0 Å². The third-order valence-electron chi connectivity index (χ3n) is 2.57. The van der Waals surface area contributed by atoms with Gasteiger partial charge in [-0.15, -0.1) is 0 Å². The van der Waals surface area contributed by atoms with Gasteiger partial charge >= 0.3 is 0 Å². The van der Waals surface area contributed by atoms with Crippen LogP contribution in [0.2, 0.25) is 10.0 Å². The van der Waals surface area contributed by atoms with Crippen LogP contribution in [-0.2, 0) is 9.84 Å². The first-order valence-electron chi connectivity index (χ1n) is 5.43. The lowest BCUT2D eigenvalue weighted by Gasteiger charge is -2.18. The van der Waals surface area contributed by atoms with E-state index in [9.17, 15) is 8.42 Å². The molecule has 0 spiro atoms. The zero-order chi connectivity index (χ0) is 13.8. The SMILES string of the molecule is CS(=O)(=O)CCCC(NN)c1cccc(Cl)c1Cl. The van der Waals surface area contributed by atoms with E-state index in [0.29, 0.717) is 22.9 Å². The molecule has 0 aromatic heterocycles. The standard InChI is InChI=1S/C11H16Cl2N2O2S/c1-18(16,17)7-3-6-10(15-14)8-4-2-5-9(12)11(8)13/h2,4-5,10,15H,3,6-7,14H2,1H3. The Bertz CT molecular complexity index is 506. The molecule has 0 amide bonds. The van der Waals surface area contributed by atoms with E-state index in [-0.39, 0.29) is 11.8 Å². The molecule has 1 aromatic rings. The molecule has 1 aromatic carbocycles. The van der Waals surface area contributed by atoms with Gasteiger partial charge in [-0.05, 0) is 24.5 Å². The number of sulfone groups is 1. The lowest BCUT2D eigenvalue weighted by atomic mass is 10.0. The Morgan fingerprint density at radius 3 is 2.61 bits per heavy atom. The van der Waals surface area contributed by atoms with Crippen LogP contribution in [0.1, 0.15) is 24.4 Å². The maximum absolute atomic E-state index is 11.1. The fourth-order valence-corrected chi connectivity index (χ4v) is 2.80. The van der Waals surface area contributed by atoms with E-state index >= 15 is 0 Å². The second-order valence-corrected chi connectivity index (χ2v) is 7.18. The van der Waals surface area contributed by atoms with Crippen LogP contribution < -0.4 is 11.3 Å². The highest BCUT2D eigenvalue weighted by Gasteiger charge is 2.15. The van der Waals surface area contributed by atoms with Gasteiger partial charge < -0.3 is 0 Å². The molecular formula is C11H16Cl2N2O2S. The van der Waals surface area contributed by atoms with E-state index in [1.54, 1.807) is 12.1 Å². The maximum Gasteiger partial charge on any atom is 0.147 e. The number of nitrogens with one attached hydrogen (secondary N) is 1. The van der Waals surface area contributed by atoms with Gasteiger partial charge in [-0.2, -0.15) is 0 Å². The van der Waals surface area contributed by atoms with Crippen molar-refractivity contribution in [2.24, 2.45) is 5.84 Å². The van der Waals surface area contributed by atoms with Gasteiger partial charge in [0.2, 0.25) is 0 Å². The van der Waals surface area contributed by atoms with Crippen LogP contribution in [0.15, 0.2) is 18.2 Å². The molecule has 7 heteroatoms. The topological polar surface area (TPSA) is 72.2 Å².